The molecule has 0 spiro atoms. The number of rotatable bonds is 4. The van der Waals surface area contributed by atoms with Gasteiger partial charge in [-0.15, -0.1) is 0 Å². The van der Waals surface area contributed by atoms with Crippen molar-refractivity contribution in [1.82, 2.24) is 15.8 Å². The number of carbonyl (C=O) groups is 1. The number of fused-ring (bicyclic) bond motifs is 1. The van der Waals surface area contributed by atoms with Gasteiger partial charge in [0, 0.05) is 11.4 Å². The van der Waals surface area contributed by atoms with Crippen molar-refractivity contribution in [3.63, 3.8) is 0 Å². The molecule has 2 rings (SSSR count). The molecule has 0 aliphatic rings. The van der Waals surface area contributed by atoms with Gasteiger partial charge < -0.3 is 15.2 Å². The summed E-state index contributed by atoms with van der Waals surface area (Å²) in [6, 6.07) is 5.85. The van der Waals surface area contributed by atoms with Crippen LogP contribution in [0.25, 0.3) is 11.0 Å². The minimum atomic E-state index is -0.182. The van der Waals surface area contributed by atoms with Gasteiger partial charge in [0.15, 0.2) is 5.58 Å². The summed E-state index contributed by atoms with van der Waals surface area (Å²) < 4.78 is 5.22. The highest BCUT2D eigenvalue weighted by molar-refractivity contribution is 5.81. The van der Waals surface area contributed by atoms with E-state index in [1.807, 2.05) is 39.0 Å². The summed E-state index contributed by atoms with van der Waals surface area (Å²) in [4.78, 5) is 11.6. The molecule has 0 aliphatic heterocycles. The molecule has 5 nitrogen and oxygen atoms in total. The first-order valence-corrected chi connectivity index (χ1v) is 6.49. The average molecular weight is 261 g/mol. The largest absolute Gasteiger partial charge is 0.356 e. The minimum absolute atomic E-state index is 0.163. The van der Waals surface area contributed by atoms with Gasteiger partial charge in [-0.2, -0.15) is 0 Å². The maximum Gasteiger partial charge on any atom is 0.315 e. The summed E-state index contributed by atoms with van der Waals surface area (Å²) in [6.45, 7) is 6.37. The van der Waals surface area contributed by atoms with Crippen LogP contribution in [0.1, 0.15) is 31.5 Å². The molecule has 2 amide bonds. The first-order chi connectivity index (χ1) is 9.10. The van der Waals surface area contributed by atoms with Crippen LogP contribution in [0, 0.1) is 6.92 Å². The van der Waals surface area contributed by atoms with Crippen LogP contribution in [0.5, 0.6) is 0 Å². The van der Waals surface area contributed by atoms with E-state index in [0.29, 0.717) is 6.54 Å². The van der Waals surface area contributed by atoms with Crippen LogP contribution >= 0.6 is 0 Å². The number of aromatic nitrogens is 1. The third-order valence-electron chi connectivity index (χ3n) is 3.11. The number of urea groups is 1. The molecule has 0 bridgehead atoms. The fraction of sp³-hybridized carbons (Fsp3) is 0.429. The smallest absolute Gasteiger partial charge is 0.315 e. The van der Waals surface area contributed by atoms with Crippen LogP contribution in [0.2, 0.25) is 0 Å². The van der Waals surface area contributed by atoms with Gasteiger partial charge in [-0.1, -0.05) is 23.7 Å². The van der Waals surface area contributed by atoms with Crippen LogP contribution < -0.4 is 10.6 Å². The molecule has 1 unspecified atom stereocenters. The first-order valence-electron chi connectivity index (χ1n) is 6.49. The Labute approximate surface area is 112 Å². The molecule has 1 aromatic heterocycles. The molecule has 1 aromatic carbocycles. The zero-order valence-corrected chi connectivity index (χ0v) is 11.5. The lowest BCUT2D eigenvalue weighted by Crippen LogP contribution is -2.40. The Hall–Kier alpha value is -2.04. The standard InChI is InChI=1S/C14H19N3O2/c1-4-10(3)16-14(18)15-8-12-11-7-9(2)5-6-13(11)19-17-12/h5-7,10H,4,8H2,1-3H3,(H2,15,16,18). The minimum Gasteiger partial charge on any atom is -0.356 e. The molecule has 0 aliphatic carbocycles. The molecule has 5 heteroatoms. The molecule has 2 N–H and O–H groups in total. The van der Waals surface area contributed by atoms with Crippen molar-refractivity contribution in [2.75, 3.05) is 0 Å². The number of hydrogen-bond acceptors (Lipinski definition) is 3. The van der Waals surface area contributed by atoms with Gasteiger partial charge in [0.2, 0.25) is 0 Å². The fourth-order valence-electron chi connectivity index (χ4n) is 1.77. The third kappa shape index (κ3) is 3.24. The van der Waals surface area contributed by atoms with Crippen LogP contribution in [0.3, 0.4) is 0 Å². The van der Waals surface area contributed by atoms with Gasteiger partial charge in [0.1, 0.15) is 5.69 Å². The summed E-state index contributed by atoms with van der Waals surface area (Å²) in [5.74, 6) is 0. The molecule has 2 aromatic rings. The number of hydrogen-bond donors (Lipinski definition) is 2. The quantitative estimate of drug-likeness (QED) is 0.889. The zero-order valence-electron chi connectivity index (χ0n) is 11.5. The van der Waals surface area contributed by atoms with Crippen molar-refractivity contribution < 1.29 is 9.32 Å². The van der Waals surface area contributed by atoms with Crippen molar-refractivity contribution in [2.45, 2.75) is 39.8 Å². The van der Waals surface area contributed by atoms with E-state index >= 15 is 0 Å². The van der Waals surface area contributed by atoms with Crippen molar-refractivity contribution in [2.24, 2.45) is 0 Å². The summed E-state index contributed by atoms with van der Waals surface area (Å²) in [5.41, 5.74) is 2.63. The van der Waals surface area contributed by atoms with E-state index < -0.39 is 0 Å². The maximum absolute atomic E-state index is 11.6. The molecule has 1 atom stereocenters. The lowest BCUT2D eigenvalue weighted by atomic mass is 10.1. The summed E-state index contributed by atoms with van der Waals surface area (Å²) in [6.07, 6.45) is 0.902. The number of amides is 2. The molecule has 0 radical (unpaired) electrons. The Morgan fingerprint density at radius 1 is 1.47 bits per heavy atom. The van der Waals surface area contributed by atoms with Gasteiger partial charge in [-0.25, -0.2) is 4.79 Å². The Kier molecular flexibility index (Phi) is 4.04. The Balaban J connectivity index is 2.02. The Bertz CT molecular complexity index is 577. The second kappa shape index (κ2) is 5.73. The number of aryl methyl sites for hydroxylation is 1. The number of carbonyl (C=O) groups excluding carboxylic acids is 1. The van der Waals surface area contributed by atoms with Crippen LogP contribution in [-0.2, 0) is 6.54 Å². The van der Waals surface area contributed by atoms with E-state index in [4.69, 9.17) is 4.52 Å². The normalized spacial score (nSPS) is 12.4. The predicted octanol–water partition coefficient (Wildman–Crippen LogP) is 2.73. The highest BCUT2D eigenvalue weighted by atomic mass is 16.5. The average Bonchev–Trinajstić information content (AvgIpc) is 2.78. The topological polar surface area (TPSA) is 67.2 Å². The molecular weight excluding hydrogens is 242 g/mol. The van der Waals surface area contributed by atoms with E-state index in [-0.39, 0.29) is 12.1 Å². The molecule has 102 valence electrons. The maximum atomic E-state index is 11.6. The second-order valence-corrected chi connectivity index (χ2v) is 4.77. The SMILES string of the molecule is CCC(C)NC(=O)NCc1noc2ccc(C)cc12. The fourth-order valence-corrected chi connectivity index (χ4v) is 1.77. The van der Waals surface area contributed by atoms with Gasteiger partial charge in [0.05, 0.1) is 6.54 Å². The molecule has 0 saturated heterocycles. The van der Waals surface area contributed by atoms with Crippen molar-refractivity contribution in [1.29, 1.82) is 0 Å². The summed E-state index contributed by atoms with van der Waals surface area (Å²) >= 11 is 0. The van der Waals surface area contributed by atoms with Crippen molar-refractivity contribution in [3.05, 3.63) is 29.5 Å². The monoisotopic (exact) mass is 261 g/mol. The molecule has 19 heavy (non-hydrogen) atoms. The summed E-state index contributed by atoms with van der Waals surface area (Å²) in [7, 11) is 0. The Morgan fingerprint density at radius 3 is 3.00 bits per heavy atom. The number of nitrogens with one attached hydrogen (secondary N) is 2. The second-order valence-electron chi connectivity index (χ2n) is 4.77. The Morgan fingerprint density at radius 2 is 2.26 bits per heavy atom. The van der Waals surface area contributed by atoms with E-state index in [9.17, 15) is 4.79 Å². The third-order valence-corrected chi connectivity index (χ3v) is 3.11. The molecular formula is C14H19N3O2. The van der Waals surface area contributed by atoms with E-state index in [0.717, 1.165) is 28.6 Å². The van der Waals surface area contributed by atoms with Gasteiger partial charge in [-0.05, 0) is 32.4 Å². The van der Waals surface area contributed by atoms with Crippen molar-refractivity contribution >= 4 is 17.0 Å². The zero-order chi connectivity index (χ0) is 13.8. The molecule has 1 heterocycles. The first kappa shape index (κ1) is 13.4. The number of benzene rings is 1. The lowest BCUT2D eigenvalue weighted by molar-refractivity contribution is 0.237. The lowest BCUT2D eigenvalue weighted by Gasteiger charge is -2.11. The van der Waals surface area contributed by atoms with Crippen LogP contribution in [0.4, 0.5) is 4.79 Å². The van der Waals surface area contributed by atoms with Gasteiger partial charge in [0.25, 0.3) is 0 Å². The predicted molar refractivity (Wildman–Crippen MR) is 73.9 cm³/mol. The van der Waals surface area contributed by atoms with Gasteiger partial charge in [-0.3, -0.25) is 0 Å². The highest BCUT2D eigenvalue weighted by Crippen LogP contribution is 2.19. The number of nitrogens with zero attached hydrogens (tertiary/aromatic N) is 1. The van der Waals surface area contributed by atoms with Crippen molar-refractivity contribution in [3.8, 4) is 0 Å². The van der Waals surface area contributed by atoms with Crippen LogP contribution in [0.15, 0.2) is 22.7 Å². The van der Waals surface area contributed by atoms with E-state index in [1.165, 1.54) is 0 Å². The van der Waals surface area contributed by atoms with Gasteiger partial charge >= 0.3 is 6.03 Å². The van der Waals surface area contributed by atoms with E-state index in [2.05, 4.69) is 15.8 Å². The highest BCUT2D eigenvalue weighted by Gasteiger charge is 2.10. The molecule has 0 fully saturated rings. The summed E-state index contributed by atoms with van der Waals surface area (Å²) in [5, 5.41) is 10.6. The van der Waals surface area contributed by atoms with Crippen LogP contribution in [-0.4, -0.2) is 17.2 Å². The molecule has 0 saturated carbocycles. The van der Waals surface area contributed by atoms with E-state index in [1.54, 1.807) is 0 Å².